The first kappa shape index (κ1) is 35.0. The first-order valence-electron chi connectivity index (χ1n) is 19.1. The molecule has 0 aliphatic carbocycles. The standard InChI is InChI=1S/C52H39N5/c1-4-20-44(21-5-1)55(45-34-30-40(31-35-45)38-53-56(47-22-6-2-7-23-47)51-28-14-18-42-16-10-12-26-49(42)51)46-36-32-41(33-37-46)39-54-57(48-24-8-3-9-25-48)52-29-15-19-43-17-11-13-27-50(43)52/h1-39H. The first-order chi connectivity index (χ1) is 28.3. The number of para-hydroxylation sites is 3. The third kappa shape index (κ3) is 7.63. The predicted octanol–water partition coefficient (Wildman–Crippen LogP) is 13.8. The summed E-state index contributed by atoms with van der Waals surface area (Å²) < 4.78 is 0. The van der Waals surface area contributed by atoms with Gasteiger partial charge in [-0.2, -0.15) is 10.2 Å². The summed E-state index contributed by atoms with van der Waals surface area (Å²) in [5, 5.41) is 18.8. The van der Waals surface area contributed by atoms with Gasteiger partial charge >= 0.3 is 0 Å². The van der Waals surface area contributed by atoms with Crippen molar-refractivity contribution in [2.45, 2.75) is 0 Å². The molecule has 0 unspecified atom stereocenters. The van der Waals surface area contributed by atoms with Gasteiger partial charge in [0.1, 0.15) is 0 Å². The molecule has 0 fully saturated rings. The monoisotopic (exact) mass is 733 g/mol. The van der Waals surface area contributed by atoms with Crippen LogP contribution in [0.25, 0.3) is 21.5 Å². The van der Waals surface area contributed by atoms with Gasteiger partial charge in [0.25, 0.3) is 0 Å². The smallest absolute Gasteiger partial charge is 0.0730 e. The van der Waals surface area contributed by atoms with E-state index < -0.39 is 0 Å². The molecule has 0 aliphatic heterocycles. The molecular formula is C52H39N5. The molecule has 5 heteroatoms. The van der Waals surface area contributed by atoms with Gasteiger partial charge in [-0.3, -0.25) is 0 Å². The maximum atomic E-state index is 5.05. The summed E-state index contributed by atoms with van der Waals surface area (Å²) in [6.45, 7) is 0. The fraction of sp³-hybridized carbons (Fsp3) is 0. The molecule has 272 valence electrons. The van der Waals surface area contributed by atoms with Crippen molar-refractivity contribution in [1.82, 2.24) is 0 Å². The maximum absolute atomic E-state index is 5.05. The van der Waals surface area contributed by atoms with Gasteiger partial charge in [-0.15, -0.1) is 0 Å². The minimum Gasteiger partial charge on any atom is -0.311 e. The van der Waals surface area contributed by atoms with Crippen molar-refractivity contribution >= 4 is 73.8 Å². The molecule has 5 nitrogen and oxygen atoms in total. The van der Waals surface area contributed by atoms with E-state index in [4.69, 9.17) is 10.2 Å². The molecule has 0 amide bonds. The lowest BCUT2D eigenvalue weighted by atomic mass is 10.1. The normalized spacial score (nSPS) is 11.4. The molecule has 0 aromatic heterocycles. The number of benzene rings is 9. The third-order valence-corrected chi connectivity index (χ3v) is 9.95. The number of rotatable bonds is 11. The summed E-state index contributed by atoms with van der Waals surface area (Å²) in [5.74, 6) is 0. The van der Waals surface area contributed by atoms with Crippen LogP contribution in [0.5, 0.6) is 0 Å². The highest BCUT2D eigenvalue weighted by Crippen LogP contribution is 2.36. The van der Waals surface area contributed by atoms with Crippen LogP contribution in [0.1, 0.15) is 11.1 Å². The molecule has 9 aromatic carbocycles. The highest BCUT2D eigenvalue weighted by Gasteiger charge is 2.15. The number of fused-ring (bicyclic) bond motifs is 2. The second-order valence-electron chi connectivity index (χ2n) is 13.6. The summed E-state index contributed by atoms with van der Waals surface area (Å²) in [7, 11) is 0. The second-order valence-corrected chi connectivity index (χ2v) is 13.6. The molecule has 9 rings (SSSR count). The van der Waals surface area contributed by atoms with Crippen molar-refractivity contribution in [1.29, 1.82) is 0 Å². The van der Waals surface area contributed by atoms with Crippen molar-refractivity contribution in [2.75, 3.05) is 14.9 Å². The Bertz CT molecular complexity index is 2600. The first-order valence-corrected chi connectivity index (χ1v) is 19.1. The van der Waals surface area contributed by atoms with Gasteiger partial charge in [0.15, 0.2) is 0 Å². The number of hydrogen-bond acceptors (Lipinski definition) is 5. The van der Waals surface area contributed by atoms with E-state index in [2.05, 4.69) is 187 Å². The quantitative estimate of drug-likeness (QED) is 0.0980. The summed E-state index contributed by atoms with van der Waals surface area (Å²) in [6, 6.07) is 77.6. The molecule has 0 heterocycles. The lowest BCUT2D eigenvalue weighted by Crippen LogP contribution is -2.11. The largest absolute Gasteiger partial charge is 0.311 e. The molecular weight excluding hydrogens is 695 g/mol. The zero-order valence-corrected chi connectivity index (χ0v) is 31.3. The molecule has 9 aromatic rings. The summed E-state index contributed by atoms with van der Waals surface area (Å²) in [6.07, 6.45) is 3.85. The van der Waals surface area contributed by atoms with E-state index in [9.17, 15) is 0 Å². The van der Waals surface area contributed by atoms with Crippen molar-refractivity contribution in [2.24, 2.45) is 10.2 Å². The van der Waals surface area contributed by atoms with E-state index in [1.165, 1.54) is 10.8 Å². The topological polar surface area (TPSA) is 34.4 Å². The minimum atomic E-state index is 0.992. The van der Waals surface area contributed by atoms with E-state index >= 15 is 0 Å². The number of hydrogen-bond donors (Lipinski definition) is 0. The van der Waals surface area contributed by atoms with Crippen LogP contribution in [0.4, 0.5) is 39.8 Å². The van der Waals surface area contributed by atoms with E-state index in [-0.39, 0.29) is 0 Å². The van der Waals surface area contributed by atoms with Gasteiger partial charge in [0.05, 0.1) is 35.2 Å². The summed E-state index contributed by atoms with van der Waals surface area (Å²) in [4.78, 5) is 2.26. The third-order valence-electron chi connectivity index (χ3n) is 9.95. The Morgan fingerprint density at radius 3 is 1.04 bits per heavy atom. The minimum absolute atomic E-state index is 0.992. The second kappa shape index (κ2) is 16.3. The number of hydrazone groups is 2. The van der Waals surface area contributed by atoms with Gasteiger partial charge in [-0.05, 0) is 94.7 Å². The Labute approximate surface area is 333 Å². The lowest BCUT2D eigenvalue weighted by Gasteiger charge is -2.25. The van der Waals surface area contributed by atoms with Gasteiger partial charge in [-0.25, -0.2) is 10.0 Å². The Hall–Kier alpha value is -7.76. The highest BCUT2D eigenvalue weighted by molar-refractivity contribution is 5.98. The number of nitrogens with zero attached hydrogens (tertiary/aromatic N) is 5. The van der Waals surface area contributed by atoms with Crippen LogP contribution in [0.3, 0.4) is 0 Å². The van der Waals surface area contributed by atoms with Gasteiger partial charge in [-0.1, -0.05) is 152 Å². The molecule has 0 spiro atoms. The molecule has 0 aliphatic rings. The van der Waals surface area contributed by atoms with Crippen LogP contribution < -0.4 is 14.9 Å². The zero-order chi connectivity index (χ0) is 38.2. The fourth-order valence-corrected chi connectivity index (χ4v) is 7.15. The summed E-state index contributed by atoms with van der Waals surface area (Å²) in [5.41, 5.74) is 9.17. The van der Waals surface area contributed by atoms with E-state index in [1.807, 2.05) is 64.9 Å². The Balaban J connectivity index is 1.01. The van der Waals surface area contributed by atoms with Crippen molar-refractivity contribution in [3.05, 3.63) is 236 Å². The van der Waals surface area contributed by atoms with E-state index in [0.29, 0.717) is 0 Å². The summed E-state index contributed by atoms with van der Waals surface area (Å²) >= 11 is 0. The molecule has 0 saturated heterocycles. The molecule has 57 heavy (non-hydrogen) atoms. The van der Waals surface area contributed by atoms with Crippen LogP contribution in [0.15, 0.2) is 235 Å². The average molecular weight is 734 g/mol. The average Bonchev–Trinajstić information content (AvgIpc) is 3.29. The zero-order valence-electron chi connectivity index (χ0n) is 31.3. The fourth-order valence-electron chi connectivity index (χ4n) is 7.15. The van der Waals surface area contributed by atoms with Crippen LogP contribution >= 0.6 is 0 Å². The lowest BCUT2D eigenvalue weighted by molar-refractivity contribution is 1.10. The van der Waals surface area contributed by atoms with E-state index in [1.54, 1.807) is 0 Å². The Morgan fingerprint density at radius 2 is 0.614 bits per heavy atom. The highest BCUT2D eigenvalue weighted by atomic mass is 15.5. The van der Waals surface area contributed by atoms with Gasteiger partial charge in [0, 0.05) is 27.8 Å². The predicted molar refractivity (Wildman–Crippen MR) is 241 cm³/mol. The Morgan fingerprint density at radius 1 is 0.281 bits per heavy atom. The van der Waals surface area contributed by atoms with Crippen LogP contribution in [-0.4, -0.2) is 12.4 Å². The molecule has 0 atom stereocenters. The van der Waals surface area contributed by atoms with Crippen LogP contribution in [0, 0.1) is 0 Å². The van der Waals surface area contributed by atoms with Crippen LogP contribution in [-0.2, 0) is 0 Å². The molecule has 0 radical (unpaired) electrons. The van der Waals surface area contributed by atoms with Crippen LogP contribution in [0.2, 0.25) is 0 Å². The van der Waals surface area contributed by atoms with Gasteiger partial charge in [0.2, 0.25) is 0 Å². The van der Waals surface area contributed by atoms with Crippen molar-refractivity contribution < 1.29 is 0 Å². The molecule has 0 saturated carbocycles. The van der Waals surface area contributed by atoms with Gasteiger partial charge < -0.3 is 4.90 Å². The van der Waals surface area contributed by atoms with Crippen molar-refractivity contribution in [3.63, 3.8) is 0 Å². The SMILES string of the molecule is C(=NN(c1ccccc1)c1cccc2ccccc12)c1ccc(N(c2ccccc2)c2ccc(C=NN(c3ccccc3)c3cccc4ccccc34)cc2)cc1. The molecule has 0 N–H and O–H groups in total. The maximum Gasteiger partial charge on any atom is 0.0730 e. The van der Waals surface area contributed by atoms with E-state index in [0.717, 1.165) is 61.7 Å². The molecule has 0 bridgehead atoms. The Kier molecular flexibility index (Phi) is 10.0. The van der Waals surface area contributed by atoms with Crippen molar-refractivity contribution in [3.8, 4) is 0 Å². The number of anilines is 7.